The van der Waals surface area contributed by atoms with Gasteiger partial charge in [-0.3, -0.25) is 4.79 Å². The molecule has 212 valence electrons. The first-order valence-corrected chi connectivity index (χ1v) is 15.4. The molecule has 2 fully saturated rings. The van der Waals surface area contributed by atoms with Crippen LogP contribution in [0.4, 0.5) is 4.39 Å². The van der Waals surface area contributed by atoms with E-state index in [0.717, 1.165) is 73.1 Å². The van der Waals surface area contributed by atoms with E-state index < -0.39 is 0 Å². The maximum Gasteiger partial charge on any atom is 0.228 e. The number of likely N-dealkylation sites (tertiary alicyclic amines) is 1. The highest BCUT2D eigenvalue weighted by Gasteiger charge is 2.50. The van der Waals surface area contributed by atoms with E-state index in [4.69, 9.17) is 9.47 Å². The zero-order valence-corrected chi connectivity index (χ0v) is 23.8. The molecule has 4 heterocycles. The van der Waals surface area contributed by atoms with Crippen molar-refractivity contribution in [2.24, 2.45) is 5.41 Å². The summed E-state index contributed by atoms with van der Waals surface area (Å²) < 4.78 is 27.1. The van der Waals surface area contributed by atoms with Gasteiger partial charge in [-0.25, -0.2) is 4.39 Å². The van der Waals surface area contributed by atoms with Gasteiger partial charge in [0.15, 0.2) is 0 Å². The summed E-state index contributed by atoms with van der Waals surface area (Å²) in [6.07, 6.45) is 5.20. The molecule has 2 aliphatic heterocycles. The van der Waals surface area contributed by atoms with Gasteiger partial charge >= 0.3 is 0 Å². The van der Waals surface area contributed by atoms with E-state index in [0.29, 0.717) is 42.7 Å². The van der Waals surface area contributed by atoms with E-state index in [-0.39, 0.29) is 17.8 Å². The summed E-state index contributed by atoms with van der Waals surface area (Å²) in [5.41, 5.74) is 5.89. The minimum absolute atomic E-state index is 0.0653. The number of halogens is 1. The monoisotopic (exact) mass is 572 g/mol. The molecule has 0 bridgehead atoms. The fraction of sp³-hybridized carbons (Fsp3) is 0.406. The molecular formula is C32H33FN4O3S. The average molecular weight is 573 g/mol. The zero-order valence-electron chi connectivity index (χ0n) is 23.0. The maximum atomic E-state index is 14.3. The molecule has 1 saturated carbocycles. The van der Waals surface area contributed by atoms with Gasteiger partial charge in [0.1, 0.15) is 29.6 Å². The largest absolute Gasteiger partial charge is 0.490 e. The molecule has 1 amide bonds. The van der Waals surface area contributed by atoms with Crippen LogP contribution < -0.4 is 10.1 Å². The summed E-state index contributed by atoms with van der Waals surface area (Å²) in [4.78, 5) is 14.6. The van der Waals surface area contributed by atoms with Crippen LogP contribution in [-0.2, 0) is 22.5 Å². The predicted molar refractivity (Wildman–Crippen MR) is 157 cm³/mol. The molecule has 3 aliphatic rings. The average Bonchev–Trinajstić information content (AvgIpc) is 3.59. The number of aromatic nitrogens is 2. The highest BCUT2D eigenvalue weighted by molar-refractivity contribution is 7.17. The van der Waals surface area contributed by atoms with Crippen LogP contribution in [-0.4, -0.2) is 60.5 Å². The Morgan fingerprint density at radius 3 is 2.76 bits per heavy atom. The van der Waals surface area contributed by atoms with Crippen LogP contribution in [0.1, 0.15) is 36.8 Å². The molecule has 0 unspecified atom stereocenters. The summed E-state index contributed by atoms with van der Waals surface area (Å²) in [6, 6.07) is 13.1. The second kappa shape index (κ2) is 11.1. The molecule has 2 aromatic carbocycles. The number of hydrogen-bond acceptors (Lipinski definition) is 7. The number of rotatable bonds is 9. The first kappa shape index (κ1) is 26.5. The van der Waals surface area contributed by atoms with Gasteiger partial charge in [-0.05, 0) is 73.0 Å². The molecular weight excluding hydrogens is 539 g/mol. The molecule has 7 rings (SSSR count). The second-order valence-corrected chi connectivity index (χ2v) is 12.2. The summed E-state index contributed by atoms with van der Waals surface area (Å²) in [6.45, 7) is 4.37. The molecule has 41 heavy (non-hydrogen) atoms. The number of amides is 1. The molecule has 9 heteroatoms. The van der Waals surface area contributed by atoms with Crippen LogP contribution in [0.2, 0.25) is 0 Å². The number of carbonyl (C=O) groups is 1. The number of carbonyl (C=O) groups excluding carboxylic acids is 1. The van der Waals surface area contributed by atoms with Gasteiger partial charge in [0.2, 0.25) is 5.91 Å². The van der Waals surface area contributed by atoms with Gasteiger partial charge in [-0.2, -0.15) is 0 Å². The lowest BCUT2D eigenvalue weighted by Gasteiger charge is -2.36. The molecule has 1 spiro atoms. The minimum atomic E-state index is -0.377. The smallest absolute Gasteiger partial charge is 0.228 e. The Hall–Kier alpha value is -3.40. The Labute approximate surface area is 242 Å². The topological polar surface area (TPSA) is 76.6 Å². The highest BCUT2D eigenvalue weighted by atomic mass is 32.1. The fourth-order valence-corrected chi connectivity index (χ4v) is 7.26. The zero-order chi connectivity index (χ0) is 27.8. The lowest BCUT2D eigenvalue weighted by atomic mass is 9.68. The van der Waals surface area contributed by atoms with E-state index in [9.17, 15) is 9.18 Å². The molecule has 1 saturated heterocycles. The Morgan fingerprint density at radius 1 is 1.00 bits per heavy atom. The van der Waals surface area contributed by atoms with E-state index in [1.807, 2.05) is 10.3 Å². The molecule has 0 radical (unpaired) electrons. The molecule has 1 N–H and O–H groups in total. The van der Waals surface area contributed by atoms with Crippen molar-refractivity contribution in [3.8, 4) is 28.3 Å². The van der Waals surface area contributed by atoms with Crippen molar-refractivity contribution in [1.82, 2.24) is 20.4 Å². The van der Waals surface area contributed by atoms with Crippen LogP contribution in [0.15, 0.2) is 47.8 Å². The second-order valence-electron chi connectivity index (χ2n) is 11.2. The van der Waals surface area contributed by atoms with Crippen molar-refractivity contribution >= 4 is 27.3 Å². The number of ether oxygens (including phenoxy) is 2. The number of nitrogens with zero attached hydrogens (tertiary/aromatic N) is 3. The third kappa shape index (κ3) is 5.00. The van der Waals surface area contributed by atoms with Crippen LogP contribution in [0.3, 0.4) is 0 Å². The third-order valence-corrected chi connectivity index (χ3v) is 9.77. The van der Waals surface area contributed by atoms with Crippen LogP contribution >= 0.6 is 11.3 Å². The van der Waals surface area contributed by atoms with Gasteiger partial charge < -0.3 is 19.7 Å². The quantitative estimate of drug-likeness (QED) is 0.263. The Kier molecular flexibility index (Phi) is 7.18. The summed E-state index contributed by atoms with van der Waals surface area (Å²) in [5.74, 6) is 0.329. The summed E-state index contributed by atoms with van der Waals surface area (Å²) >= 11 is 1.59. The number of fused-ring (bicyclic) bond motifs is 2. The van der Waals surface area contributed by atoms with Crippen LogP contribution in [0.25, 0.3) is 32.6 Å². The molecule has 7 nitrogen and oxygen atoms in total. The van der Waals surface area contributed by atoms with Gasteiger partial charge in [0.25, 0.3) is 0 Å². The predicted octanol–water partition coefficient (Wildman–Crippen LogP) is 5.61. The van der Waals surface area contributed by atoms with E-state index >= 15 is 0 Å². The number of hydrogen-bond donors (Lipinski definition) is 1. The Morgan fingerprint density at radius 2 is 1.90 bits per heavy atom. The standard InChI is InChI=1S/C32H33FN4O3S/c33-24-4-5-25(27(19-24)40-16-15-39-14-13-37-12-10-32(31(37)38)8-1-9-32)29-30-26(7-17-41-30)28(35-36-29)22-2-3-23-20-34-11-6-21(23)18-22/h2-5,7,17-19,34H,1,6,8-16,20H2. The number of thiophene rings is 1. The van der Waals surface area contributed by atoms with E-state index in [1.54, 1.807) is 17.4 Å². The SMILES string of the molecule is O=C1N(CCOCCOc2cc(F)ccc2-c2nnc(-c3ccc4c(c3)CCNC4)c3ccsc23)CCC12CCC2. The first-order valence-electron chi connectivity index (χ1n) is 14.5. The van der Waals surface area contributed by atoms with Gasteiger partial charge in [-0.1, -0.05) is 18.6 Å². The highest BCUT2D eigenvalue weighted by Crippen LogP contribution is 2.48. The maximum absolute atomic E-state index is 14.3. The van der Waals surface area contributed by atoms with Crippen molar-refractivity contribution in [2.75, 3.05) is 39.5 Å². The van der Waals surface area contributed by atoms with Crippen molar-refractivity contribution in [3.05, 3.63) is 64.8 Å². The summed E-state index contributed by atoms with van der Waals surface area (Å²) in [7, 11) is 0. The summed E-state index contributed by atoms with van der Waals surface area (Å²) in [5, 5.41) is 15.8. The van der Waals surface area contributed by atoms with Crippen LogP contribution in [0.5, 0.6) is 5.75 Å². The van der Waals surface area contributed by atoms with E-state index in [2.05, 4.69) is 39.8 Å². The number of nitrogens with one attached hydrogen (secondary N) is 1. The van der Waals surface area contributed by atoms with Crippen molar-refractivity contribution in [1.29, 1.82) is 0 Å². The minimum Gasteiger partial charge on any atom is -0.490 e. The lowest BCUT2D eigenvalue weighted by molar-refractivity contribution is -0.140. The normalized spacial score (nSPS) is 17.7. The van der Waals surface area contributed by atoms with Crippen molar-refractivity contribution in [2.45, 2.75) is 38.6 Å². The Bertz CT molecular complexity index is 1600. The van der Waals surface area contributed by atoms with Crippen LogP contribution in [0, 0.1) is 11.2 Å². The lowest BCUT2D eigenvalue weighted by Crippen LogP contribution is -2.40. The Balaban J connectivity index is 1.04. The molecule has 0 atom stereocenters. The van der Waals surface area contributed by atoms with Crippen molar-refractivity contribution < 1.29 is 18.7 Å². The van der Waals surface area contributed by atoms with Crippen molar-refractivity contribution in [3.63, 3.8) is 0 Å². The number of benzene rings is 2. The molecule has 1 aliphatic carbocycles. The first-order chi connectivity index (χ1) is 20.1. The third-order valence-electron chi connectivity index (χ3n) is 8.85. The molecule has 4 aromatic rings. The molecule has 2 aromatic heterocycles. The van der Waals surface area contributed by atoms with E-state index in [1.165, 1.54) is 23.3 Å². The van der Waals surface area contributed by atoms with Gasteiger partial charge in [0.05, 0.1) is 23.3 Å². The fourth-order valence-electron chi connectivity index (χ4n) is 6.36. The van der Waals surface area contributed by atoms with Gasteiger partial charge in [-0.15, -0.1) is 21.5 Å². The van der Waals surface area contributed by atoms with Gasteiger partial charge in [0, 0.05) is 42.2 Å².